The van der Waals surface area contributed by atoms with Crippen LogP contribution in [-0.4, -0.2) is 11.7 Å². The summed E-state index contributed by atoms with van der Waals surface area (Å²) in [4.78, 5) is 10.7. The Kier molecular flexibility index (Phi) is 8.43. The van der Waals surface area contributed by atoms with Crippen molar-refractivity contribution in [1.29, 1.82) is 0 Å². The molecule has 0 bridgehead atoms. The van der Waals surface area contributed by atoms with Gasteiger partial charge in [0.05, 0.1) is 0 Å². The predicted octanol–water partition coefficient (Wildman–Crippen LogP) is 15.0. The summed E-state index contributed by atoms with van der Waals surface area (Å²) >= 11 is 1.84. The van der Waals surface area contributed by atoms with Crippen molar-refractivity contribution in [1.82, 2.24) is 5.32 Å². The van der Waals surface area contributed by atoms with Gasteiger partial charge >= 0.3 is 0 Å². The highest BCUT2D eigenvalue weighted by Crippen LogP contribution is 2.44. The molecular formula is C57H37N3S. The zero-order valence-corrected chi connectivity index (χ0v) is 33.9. The lowest BCUT2D eigenvalue weighted by Gasteiger charge is -2.25. The Morgan fingerprint density at radius 1 is 0.361 bits per heavy atom. The van der Waals surface area contributed by atoms with Gasteiger partial charge in [-0.1, -0.05) is 176 Å². The Hall–Kier alpha value is -7.66. The maximum Gasteiger partial charge on any atom is 0.159 e. The maximum absolute atomic E-state index is 5.46. The molecule has 12 rings (SSSR count). The fourth-order valence-electron chi connectivity index (χ4n) is 9.18. The second-order valence-corrected chi connectivity index (χ2v) is 16.8. The van der Waals surface area contributed by atoms with E-state index in [1.54, 1.807) is 0 Å². The van der Waals surface area contributed by atoms with Crippen molar-refractivity contribution in [3.05, 3.63) is 229 Å². The van der Waals surface area contributed by atoms with Gasteiger partial charge in [-0.05, 0) is 108 Å². The van der Waals surface area contributed by atoms with Crippen molar-refractivity contribution in [2.75, 3.05) is 0 Å². The van der Waals surface area contributed by atoms with E-state index in [1.807, 2.05) is 11.3 Å². The number of hydrogen-bond donors (Lipinski definition) is 1. The summed E-state index contributed by atoms with van der Waals surface area (Å²) in [6.07, 6.45) is -0.401. The Balaban J connectivity index is 1.06. The first-order valence-electron chi connectivity index (χ1n) is 20.8. The molecule has 0 aliphatic carbocycles. The smallest absolute Gasteiger partial charge is 0.159 e. The van der Waals surface area contributed by atoms with E-state index in [-0.39, 0.29) is 0 Å². The van der Waals surface area contributed by atoms with Gasteiger partial charge in [-0.25, -0.2) is 9.98 Å². The fourth-order valence-corrected chi connectivity index (χ4v) is 10.4. The van der Waals surface area contributed by atoms with Gasteiger partial charge in [0.25, 0.3) is 0 Å². The van der Waals surface area contributed by atoms with Crippen LogP contribution in [0.15, 0.2) is 222 Å². The molecule has 1 aromatic heterocycles. The topological polar surface area (TPSA) is 36.8 Å². The molecule has 1 atom stereocenters. The number of rotatable bonds is 6. The average molecular weight is 796 g/mol. The van der Waals surface area contributed by atoms with Crippen molar-refractivity contribution < 1.29 is 0 Å². The minimum absolute atomic E-state index is 0.401. The molecule has 0 saturated heterocycles. The minimum Gasteiger partial charge on any atom is -0.344 e. The molecule has 1 unspecified atom stereocenters. The Bertz CT molecular complexity index is 3530. The highest BCUT2D eigenvalue weighted by Gasteiger charge is 2.24. The Morgan fingerprint density at radius 3 is 1.56 bits per heavy atom. The van der Waals surface area contributed by atoms with E-state index in [0.29, 0.717) is 5.84 Å². The molecule has 1 aliphatic heterocycles. The predicted molar refractivity (Wildman–Crippen MR) is 260 cm³/mol. The molecule has 286 valence electrons. The van der Waals surface area contributed by atoms with Gasteiger partial charge in [-0.3, -0.25) is 0 Å². The third kappa shape index (κ3) is 6.19. The minimum atomic E-state index is -0.401. The van der Waals surface area contributed by atoms with E-state index in [2.05, 4.69) is 218 Å². The zero-order chi connectivity index (χ0) is 40.3. The number of fused-ring (bicyclic) bond motifs is 9. The lowest BCUT2D eigenvalue weighted by molar-refractivity contribution is 0.675. The summed E-state index contributed by atoms with van der Waals surface area (Å²) < 4.78 is 2.50. The van der Waals surface area contributed by atoms with Crippen LogP contribution >= 0.6 is 11.3 Å². The molecule has 0 fully saturated rings. The fraction of sp³-hybridized carbons (Fsp3) is 0.0175. The van der Waals surface area contributed by atoms with Crippen molar-refractivity contribution in [3.63, 3.8) is 0 Å². The number of aliphatic imine (C=N–C) groups is 2. The molecule has 1 aliphatic rings. The van der Waals surface area contributed by atoms with Crippen LogP contribution in [-0.2, 0) is 0 Å². The van der Waals surface area contributed by atoms with Crippen LogP contribution in [0.5, 0.6) is 0 Å². The Morgan fingerprint density at radius 2 is 0.885 bits per heavy atom. The van der Waals surface area contributed by atoms with Crippen LogP contribution in [0, 0.1) is 0 Å². The van der Waals surface area contributed by atoms with Crippen LogP contribution in [0.2, 0.25) is 0 Å². The van der Waals surface area contributed by atoms with Crippen LogP contribution in [0.3, 0.4) is 0 Å². The summed E-state index contributed by atoms with van der Waals surface area (Å²) in [6, 6.07) is 76.5. The van der Waals surface area contributed by atoms with Gasteiger partial charge in [0.1, 0.15) is 12.0 Å². The van der Waals surface area contributed by atoms with Crippen molar-refractivity contribution in [3.8, 4) is 33.4 Å². The van der Waals surface area contributed by atoms with Gasteiger partial charge in [0, 0.05) is 31.3 Å². The van der Waals surface area contributed by atoms with Gasteiger partial charge in [0.15, 0.2) is 5.84 Å². The largest absolute Gasteiger partial charge is 0.344 e. The molecule has 0 amide bonds. The van der Waals surface area contributed by atoms with E-state index < -0.39 is 6.17 Å². The molecule has 11 aromatic rings. The lowest BCUT2D eigenvalue weighted by Crippen LogP contribution is -2.33. The third-order valence-corrected chi connectivity index (χ3v) is 13.2. The second-order valence-electron chi connectivity index (χ2n) is 15.7. The first-order valence-corrected chi connectivity index (χ1v) is 21.6. The van der Waals surface area contributed by atoms with Crippen molar-refractivity contribution in [2.24, 2.45) is 9.98 Å². The van der Waals surface area contributed by atoms with Gasteiger partial charge < -0.3 is 5.32 Å². The van der Waals surface area contributed by atoms with Gasteiger partial charge in [-0.2, -0.15) is 0 Å². The summed E-state index contributed by atoms with van der Waals surface area (Å²) in [7, 11) is 0. The van der Waals surface area contributed by atoms with Crippen LogP contribution < -0.4 is 5.32 Å². The summed E-state index contributed by atoms with van der Waals surface area (Å²) in [5.41, 5.74) is 10.0. The molecule has 0 spiro atoms. The SMILES string of the molecule is c1ccc(-c2cccc(C3=NC(c4cc(-c5ccc6c7ccccc7c7ccccc7c6c5)c5c(c4)sc4ccccc45)NC(c4cccc(-c5ccccc5)c4)=N3)c2)cc1. The molecule has 2 heterocycles. The number of nitrogens with zero attached hydrogens (tertiary/aromatic N) is 2. The molecule has 3 nitrogen and oxygen atoms in total. The van der Waals surface area contributed by atoms with E-state index in [4.69, 9.17) is 9.98 Å². The monoisotopic (exact) mass is 795 g/mol. The number of nitrogens with one attached hydrogen (secondary N) is 1. The number of amidine groups is 2. The zero-order valence-electron chi connectivity index (χ0n) is 33.1. The molecular weight excluding hydrogens is 759 g/mol. The van der Waals surface area contributed by atoms with E-state index in [0.717, 1.165) is 44.8 Å². The summed E-state index contributed by atoms with van der Waals surface area (Å²) in [5, 5.41) is 14.0. The molecule has 1 N–H and O–H groups in total. The highest BCUT2D eigenvalue weighted by molar-refractivity contribution is 7.26. The second kappa shape index (κ2) is 14.6. The molecule has 0 saturated carbocycles. The molecule has 61 heavy (non-hydrogen) atoms. The third-order valence-electron chi connectivity index (χ3n) is 12.1. The van der Waals surface area contributed by atoms with Crippen LogP contribution in [0.1, 0.15) is 22.9 Å². The lowest BCUT2D eigenvalue weighted by atomic mass is 9.90. The number of thiophene rings is 1. The summed E-state index contributed by atoms with van der Waals surface area (Å²) in [6.45, 7) is 0. The van der Waals surface area contributed by atoms with E-state index >= 15 is 0 Å². The summed E-state index contributed by atoms with van der Waals surface area (Å²) in [5.74, 6) is 1.49. The van der Waals surface area contributed by atoms with E-state index in [9.17, 15) is 0 Å². The van der Waals surface area contributed by atoms with E-state index in [1.165, 1.54) is 63.6 Å². The molecule has 0 radical (unpaired) electrons. The molecule has 4 heteroatoms. The van der Waals surface area contributed by atoms with Gasteiger partial charge in [0.2, 0.25) is 0 Å². The van der Waals surface area contributed by atoms with Gasteiger partial charge in [-0.15, -0.1) is 11.3 Å². The van der Waals surface area contributed by atoms with Crippen molar-refractivity contribution in [2.45, 2.75) is 6.17 Å². The average Bonchev–Trinajstić information content (AvgIpc) is 3.73. The normalized spacial score (nSPS) is 14.1. The Labute approximate surface area is 357 Å². The number of hydrogen-bond acceptors (Lipinski definition) is 4. The standard InChI is InChI=1S/C57H37N3S/c1-3-15-36(16-4-1)38-19-13-21-41(31-38)55-58-56(42-22-14-20-39(32-42)37-17-5-2-6-18-37)60-57(59-55)43-34-50(54-49-27-11-12-28-52(49)61-53(54)35-43)40-29-30-48-46-25-8-7-23-44(46)45-24-9-10-26-47(45)51(48)33-40/h1-35,57H,(H,58,59,60). The maximum atomic E-state index is 5.46. The quantitative estimate of drug-likeness (QED) is 0.167. The first kappa shape index (κ1) is 35.3. The first-order chi connectivity index (χ1) is 30.2. The van der Waals surface area contributed by atoms with Crippen LogP contribution in [0.4, 0.5) is 0 Å². The molecule has 10 aromatic carbocycles. The van der Waals surface area contributed by atoms with Crippen LogP contribution in [0.25, 0.3) is 85.9 Å². The number of benzene rings is 10. The van der Waals surface area contributed by atoms with Crippen molar-refractivity contribution >= 4 is 75.5 Å². The highest BCUT2D eigenvalue weighted by atomic mass is 32.1.